The molecule has 21 heavy (non-hydrogen) atoms. The lowest BCUT2D eigenvalue weighted by Gasteiger charge is -2.16. The van der Waals surface area contributed by atoms with Crippen LogP contribution in [0.1, 0.15) is 45.6 Å². The number of thiophene rings is 1. The summed E-state index contributed by atoms with van der Waals surface area (Å²) in [5.41, 5.74) is 2.84. The minimum absolute atomic E-state index is 0.0523. The number of aryl methyl sites for hydroxylation is 2. The Morgan fingerprint density at radius 1 is 1.29 bits per heavy atom. The van der Waals surface area contributed by atoms with Crippen LogP contribution < -0.4 is 10.6 Å². The predicted octanol–water partition coefficient (Wildman–Crippen LogP) is 4.15. The SMILES string of the molecule is CCc1ccc(C(C)Nc2ccc(C(=O)NC)cc2C)s1. The second-order valence-corrected chi connectivity index (χ2v) is 6.33. The Kier molecular flexibility index (Phi) is 5.02. The van der Waals surface area contributed by atoms with Gasteiger partial charge in [0.05, 0.1) is 6.04 Å². The largest absolute Gasteiger partial charge is 0.377 e. The van der Waals surface area contributed by atoms with Gasteiger partial charge in [-0.1, -0.05) is 6.92 Å². The van der Waals surface area contributed by atoms with Gasteiger partial charge < -0.3 is 10.6 Å². The van der Waals surface area contributed by atoms with E-state index in [9.17, 15) is 4.79 Å². The number of rotatable bonds is 5. The zero-order valence-corrected chi connectivity index (χ0v) is 13.8. The summed E-state index contributed by atoms with van der Waals surface area (Å²) in [5.74, 6) is -0.0523. The molecule has 0 aliphatic heterocycles. The number of benzene rings is 1. The Hall–Kier alpha value is -1.81. The lowest BCUT2D eigenvalue weighted by atomic mass is 10.1. The molecule has 0 saturated heterocycles. The van der Waals surface area contributed by atoms with Crippen molar-refractivity contribution in [3.8, 4) is 0 Å². The van der Waals surface area contributed by atoms with Crippen molar-refractivity contribution in [2.24, 2.45) is 0 Å². The van der Waals surface area contributed by atoms with Gasteiger partial charge in [-0.05, 0) is 56.2 Å². The minimum atomic E-state index is -0.0523. The topological polar surface area (TPSA) is 41.1 Å². The summed E-state index contributed by atoms with van der Waals surface area (Å²) in [6.45, 7) is 6.36. The van der Waals surface area contributed by atoms with Gasteiger partial charge in [-0.3, -0.25) is 4.79 Å². The van der Waals surface area contributed by atoms with Crippen molar-refractivity contribution < 1.29 is 4.79 Å². The molecule has 0 aliphatic rings. The molecule has 1 heterocycles. The molecule has 3 nitrogen and oxygen atoms in total. The van der Waals surface area contributed by atoms with E-state index in [1.807, 2.05) is 36.5 Å². The highest BCUT2D eigenvalue weighted by Crippen LogP contribution is 2.28. The minimum Gasteiger partial charge on any atom is -0.377 e. The van der Waals surface area contributed by atoms with E-state index < -0.39 is 0 Å². The first-order chi connectivity index (χ1) is 10.0. The Bertz CT molecular complexity index is 633. The van der Waals surface area contributed by atoms with Crippen molar-refractivity contribution in [3.05, 3.63) is 51.2 Å². The van der Waals surface area contributed by atoms with Crippen LogP contribution in [0, 0.1) is 6.92 Å². The van der Waals surface area contributed by atoms with Crippen LogP contribution in [0.3, 0.4) is 0 Å². The molecule has 2 rings (SSSR count). The lowest BCUT2D eigenvalue weighted by Crippen LogP contribution is -2.18. The molecule has 0 fully saturated rings. The van der Waals surface area contributed by atoms with Crippen molar-refractivity contribution in [3.63, 3.8) is 0 Å². The molecule has 0 radical (unpaired) electrons. The van der Waals surface area contributed by atoms with Gasteiger partial charge in [-0.15, -0.1) is 11.3 Å². The highest BCUT2D eigenvalue weighted by atomic mass is 32.1. The molecule has 0 spiro atoms. The van der Waals surface area contributed by atoms with Crippen LogP contribution in [0.25, 0.3) is 0 Å². The summed E-state index contributed by atoms with van der Waals surface area (Å²) < 4.78 is 0. The summed E-state index contributed by atoms with van der Waals surface area (Å²) in [7, 11) is 1.65. The van der Waals surface area contributed by atoms with E-state index in [1.54, 1.807) is 7.05 Å². The Balaban J connectivity index is 2.13. The molecule has 2 aromatic rings. The summed E-state index contributed by atoms with van der Waals surface area (Å²) >= 11 is 1.85. The molecular formula is C17H22N2OS. The first-order valence-electron chi connectivity index (χ1n) is 7.23. The number of nitrogens with one attached hydrogen (secondary N) is 2. The third-order valence-corrected chi connectivity index (χ3v) is 4.96. The number of anilines is 1. The second kappa shape index (κ2) is 6.76. The number of amides is 1. The van der Waals surface area contributed by atoms with Gasteiger partial charge in [0.1, 0.15) is 0 Å². The maximum absolute atomic E-state index is 11.6. The smallest absolute Gasteiger partial charge is 0.251 e. The third-order valence-electron chi connectivity index (χ3n) is 3.55. The zero-order chi connectivity index (χ0) is 15.4. The van der Waals surface area contributed by atoms with E-state index >= 15 is 0 Å². The average Bonchev–Trinajstić information content (AvgIpc) is 2.97. The molecule has 0 bridgehead atoms. The molecule has 1 atom stereocenters. The van der Waals surface area contributed by atoms with E-state index in [0.717, 1.165) is 17.7 Å². The van der Waals surface area contributed by atoms with Crippen LogP contribution in [-0.2, 0) is 6.42 Å². The molecule has 0 saturated carbocycles. The van der Waals surface area contributed by atoms with Gasteiger partial charge in [-0.2, -0.15) is 0 Å². The van der Waals surface area contributed by atoms with Gasteiger partial charge in [-0.25, -0.2) is 0 Å². The van der Waals surface area contributed by atoms with E-state index in [2.05, 4.69) is 36.6 Å². The summed E-state index contributed by atoms with van der Waals surface area (Å²) in [5, 5.41) is 6.17. The molecule has 2 N–H and O–H groups in total. The summed E-state index contributed by atoms with van der Waals surface area (Å²) in [4.78, 5) is 14.4. The summed E-state index contributed by atoms with van der Waals surface area (Å²) in [6, 6.07) is 10.4. The van der Waals surface area contributed by atoms with Crippen LogP contribution in [-0.4, -0.2) is 13.0 Å². The van der Waals surface area contributed by atoms with E-state index in [4.69, 9.17) is 0 Å². The quantitative estimate of drug-likeness (QED) is 0.871. The monoisotopic (exact) mass is 302 g/mol. The van der Waals surface area contributed by atoms with Crippen LogP contribution in [0.5, 0.6) is 0 Å². The Labute approximate surface area is 130 Å². The van der Waals surface area contributed by atoms with Crippen molar-refractivity contribution in [2.45, 2.75) is 33.2 Å². The Morgan fingerprint density at radius 2 is 2.05 bits per heavy atom. The number of hydrogen-bond acceptors (Lipinski definition) is 3. The van der Waals surface area contributed by atoms with Crippen molar-refractivity contribution in [2.75, 3.05) is 12.4 Å². The fourth-order valence-electron chi connectivity index (χ4n) is 2.23. The molecule has 112 valence electrons. The van der Waals surface area contributed by atoms with Gasteiger partial charge in [0.2, 0.25) is 0 Å². The average molecular weight is 302 g/mol. The first-order valence-corrected chi connectivity index (χ1v) is 8.04. The van der Waals surface area contributed by atoms with Crippen molar-refractivity contribution >= 4 is 22.9 Å². The molecule has 1 aromatic heterocycles. The third kappa shape index (κ3) is 3.64. The lowest BCUT2D eigenvalue weighted by molar-refractivity contribution is 0.0963. The maximum Gasteiger partial charge on any atom is 0.251 e. The van der Waals surface area contributed by atoms with Crippen molar-refractivity contribution in [1.29, 1.82) is 0 Å². The number of hydrogen-bond donors (Lipinski definition) is 2. The number of carbonyl (C=O) groups is 1. The molecule has 1 amide bonds. The van der Waals surface area contributed by atoms with E-state index in [-0.39, 0.29) is 11.9 Å². The fourth-order valence-corrected chi connectivity index (χ4v) is 3.19. The maximum atomic E-state index is 11.6. The summed E-state index contributed by atoms with van der Waals surface area (Å²) in [6.07, 6.45) is 1.08. The van der Waals surface area contributed by atoms with Crippen LogP contribution in [0.4, 0.5) is 5.69 Å². The van der Waals surface area contributed by atoms with Crippen molar-refractivity contribution in [1.82, 2.24) is 5.32 Å². The molecule has 1 aromatic carbocycles. The Morgan fingerprint density at radius 3 is 2.62 bits per heavy atom. The van der Waals surface area contributed by atoms with E-state index in [1.165, 1.54) is 9.75 Å². The van der Waals surface area contributed by atoms with E-state index in [0.29, 0.717) is 5.56 Å². The van der Waals surface area contributed by atoms with Crippen LogP contribution in [0.2, 0.25) is 0 Å². The molecule has 4 heteroatoms. The van der Waals surface area contributed by atoms with Gasteiger partial charge in [0, 0.05) is 28.1 Å². The second-order valence-electron chi connectivity index (χ2n) is 5.13. The van der Waals surface area contributed by atoms with Gasteiger partial charge in [0.15, 0.2) is 0 Å². The zero-order valence-electron chi connectivity index (χ0n) is 13.0. The standard InChI is InChI=1S/C17H22N2OS/c1-5-14-7-9-16(21-14)12(3)19-15-8-6-13(10-11(15)2)17(20)18-4/h6-10,12,19H,5H2,1-4H3,(H,18,20). The predicted molar refractivity (Wildman–Crippen MR) is 90.3 cm³/mol. The highest BCUT2D eigenvalue weighted by Gasteiger charge is 2.11. The molecular weight excluding hydrogens is 280 g/mol. The van der Waals surface area contributed by atoms with Gasteiger partial charge >= 0.3 is 0 Å². The van der Waals surface area contributed by atoms with Crippen LogP contribution >= 0.6 is 11.3 Å². The highest BCUT2D eigenvalue weighted by molar-refractivity contribution is 7.12. The molecule has 0 aliphatic carbocycles. The first kappa shape index (κ1) is 15.6. The molecule has 1 unspecified atom stereocenters. The fraction of sp³-hybridized carbons (Fsp3) is 0.353. The normalized spacial score (nSPS) is 12.0. The van der Waals surface area contributed by atoms with Gasteiger partial charge in [0.25, 0.3) is 5.91 Å². The number of carbonyl (C=O) groups excluding carboxylic acids is 1. The van der Waals surface area contributed by atoms with Crippen LogP contribution in [0.15, 0.2) is 30.3 Å².